The minimum atomic E-state index is -0.460. The largest absolute Gasteiger partial charge is 0.392 e. The van der Waals surface area contributed by atoms with Gasteiger partial charge in [0, 0.05) is 13.7 Å². The molecule has 1 amide bonds. The van der Waals surface area contributed by atoms with E-state index in [0.717, 1.165) is 21.7 Å². The number of aliphatic hydroxyl groups is 1. The SMILES string of the molecule is COC[C@H](NC(=O)C1CC(O)CN1)c1ccc(-c2scnc2C)cc1. The maximum absolute atomic E-state index is 12.4. The Morgan fingerprint density at radius 1 is 1.48 bits per heavy atom. The van der Waals surface area contributed by atoms with Crippen molar-refractivity contribution in [3.05, 3.63) is 41.0 Å². The van der Waals surface area contributed by atoms with Gasteiger partial charge in [-0.15, -0.1) is 11.3 Å². The van der Waals surface area contributed by atoms with Crippen LogP contribution in [0.4, 0.5) is 0 Å². The molecule has 0 saturated carbocycles. The second kappa shape index (κ2) is 8.05. The summed E-state index contributed by atoms with van der Waals surface area (Å²) in [6.45, 7) is 2.84. The number of β-amino-alcohol motifs (C(OH)–C–C–N with tert-alkyl or cyclic N) is 1. The molecule has 2 aromatic rings. The molecule has 1 fully saturated rings. The molecule has 0 bridgehead atoms. The first kappa shape index (κ1) is 18.0. The maximum atomic E-state index is 12.4. The molecule has 1 saturated heterocycles. The number of nitrogens with one attached hydrogen (secondary N) is 2. The third-order valence-corrected chi connectivity index (χ3v) is 5.37. The molecule has 0 spiro atoms. The van der Waals surface area contributed by atoms with Crippen molar-refractivity contribution in [2.75, 3.05) is 20.3 Å². The van der Waals surface area contributed by atoms with E-state index in [9.17, 15) is 9.90 Å². The number of benzene rings is 1. The quantitative estimate of drug-likeness (QED) is 0.729. The number of carbonyl (C=O) groups is 1. The van der Waals surface area contributed by atoms with Gasteiger partial charge in [-0.2, -0.15) is 0 Å². The molecule has 2 heterocycles. The van der Waals surface area contributed by atoms with Gasteiger partial charge in [0.2, 0.25) is 5.91 Å². The molecule has 3 rings (SSSR count). The van der Waals surface area contributed by atoms with Gasteiger partial charge in [0.25, 0.3) is 0 Å². The van der Waals surface area contributed by atoms with E-state index < -0.39 is 6.10 Å². The van der Waals surface area contributed by atoms with Gasteiger partial charge in [-0.25, -0.2) is 4.98 Å². The Labute approximate surface area is 151 Å². The zero-order chi connectivity index (χ0) is 17.8. The van der Waals surface area contributed by atoms with Crippen molar-refractivity contribution >= 4 is 17.2 Å². The third kappa shape index (κ3) is 4.24. The lowest BCUT2D eigenvalue weighted by atomic mass is 10.0. The van der Waals surface area contributed by atoms with Crippen molar-refractivity contribution in [1.82, 2.24) is 15.6 Å². The van der Waals surface area contributed by atoms with Crippen LogP contribution in [0.3, 0.4) is 0 Å². The lowest BCUT2D eigenvalue weighted by Gasteiger charge is -2.21. The fourth-order valence-corrected chi connectivity index (χ4v) is 3.83. The van der Waals surface area contributed by atoms with Crippen LogP contribution in [0.2, 0.25) is 0 Å². The zero-order valence-electron chi connectivity index (χ0n) is 14.4. The van der Waals surface area contributed by atoms with Gasteiger partial charge < -0.3 is 20.5 Å². The van der Waals surface area contributed by atoms with Crippen LogP contribution in [0.15, 0.2) is 29.8 Å². The van der Waals surface area contributed by atoms with Crippen LogP contribution in [0.5, 0.6) is 0 Å². The number of carbonyl (C=O) groups excluding carboxylic acids is 1. The van der Waals surface area contributed by atoms with Crippen LogP contribution in [0.1, 0.15) is 23.7 Å². The Balaban J connectivity index is 1.72. The Morgan fingerprint density at radius 3 is 2.80 bits per heavy atom. The van der Waals surface area contributed by atoms with E-state index in [1.165, 1.54) is 0 Å². The highest BCUT2D eigenvalue weighted by Crippen LogP contribution is 2.28. The van der Waals surface area contributed by atoms with Crippen LogP contribution in [0.25, 0.3) is 10.4 Å². The molecule has 134 valence electrons. The molecule has 25 heavy (non-hydrogen) atoms. The summed E-state index contributed by atoms with van der Waals surface area (Å²) >= 11 is 1.62. The summed E-state index contributed by atoms with van der Waals surface area (Å²) in [7, 11) is 1.62. The molecule has 1 aliphatic heterocycles. The van der Waals surface area contributed by atoms with E-state index in [2.05, 4.69) is 15.6 Å². The van der Waals surface area contributed by atoms with Gasteiger partial charge in [-0.05, 0) is 24.5 Å². The number of thiazole rings is 1. The molecular formula is C18H23N3O3S. The summed E-state index contributed by atoms with van der Waals surface area (Å²) in [4.78, 5) is 17.8. The smallest absolute Gasteiger partial charge is 0.237 e. The summed E-state index contributed by atoms with van der Waals surface area (Å²) in [6.07, 6.45) is -0.0201. The Hall–Kier alpha value is -1.80. The van der Waals surface area contributed by atoms with Gasteiger partial charge in [0.05, 0.1) is 40.9 Å². The number of ether oxygens (including phenoxy) is 1. The molecule has 1 aliphatic rings. The number of aliphatic hydroxyl groups excluding tert-OH is 1. The molecule has 6 nitrogen and oxygen atoms in total. The number of aromatic nitrogens is 1. The average molecular weight is 361 g/mol. The van der Waals surface area contributed by atoms with Gasteiger partial charge in [-0.3, -0.25) is 4.79 Å². The van der Waals surface area contributed by atoms with Crippen molar-refractivity contribution in [3.8, 4) is 10.4 Å². The lowest BCUT2D eigenvalue weighted by Crippen LogP contribution is -2.43. The van der Waals surface area contributed by atoms with Crippen molar-refractivity contribution in [2.45, 2.75) is 31.5 Å². The van der Waals surface area contributed by atoms with Crippen molar-refractivity contribution in [2.24, 2.45) is 0 Å². The predicted octanol–water partition coefficient (Wildman–Crippen LogP) is 1.65. The number of hydrogen-bond donors (Lipinski definition) is 3. The lowest BCUT2D eigenvalue weighted by molar-refractivity contribution is -0.124. The summed E-state index contributed by atoms with van der Waals surface area (Å²) in [5.41, 5.74) is 4.96. The Bertz CT molecular complexity index is 717. The first-order valence-corrected chi connectivity index (χ1v) is 9.17. The zero-order valence-corrected chi connectivity index (χ0v) is 15.2. The number of nitrogens with zero attached hydrogens (tertiary/aromatic N) is 1. The first-order chi connectivity index (χ1) is 12.1. The fraction of sp³-hybridized carbons (Fsp3) is 0.444. The Morgan fingerprint density at radius 2 is 2.24 bits per heavy atom. The average Bonchev–Trinajstić information content (AvgIpc) is 3.23. The molecule has 1 aromatic carbocycles. The summed E-state index contributed by atoms with van der Waals surface area (Å²) in [6, 6.07) is 7.53. The van der Waals surface area contributed by atoms with Crippen LogP contribution in [-0.2, 0) is 9.53 Å². The summed E-state index contributed by atoms with van der Waals surface area (Å²) < 4.78 is 5.27. The second-order valence-corrected chi connectivity index (χ2v) is 7.11. The molecule has 3 atom stereocenters. The first-order valence-electron chi connectivity index (χ1n) is 8.29. The van der Waals surface area contributed by atoms with Crippen LogP contribution in [0, 0.1) is 6.92 Å². The summed E-state index contributed by atoms with van der Waals surface area (Å²) in [5.74, 6) is -0.110. The van der Waals surface area contributed by atoms with E-state index in [4.69, 9.17) is 4.74 Å². The maximum Gasteiger partial charge on any atom is 0.237 e. The van der Waals surface area contributed by atoms with Gasteiger partial charge in [-0.1, -0.05) is 24.3 Å². The van der Waals surface area contributed by atoms with Crippen molar-refractivity contribution in [3.63, 3.8) is 0 Å². The van der Waals surface area contributed by atoms with E-state index in [0.29, 0.717) is 19.6 Å². The molecule has 3 N–H and O–H groups in total. The molecule has 1 aromatic heterocycles. The van der Waals surface area contributed by atoms with E-state index in [1.54, 1.807) is 18.4 Å². The normalized spacial score (nSPS) is 21.2. The molecular weight excluding hydrogens is 338 g/mol. The second-order valence-electron chi connectivity index (χ2n) is 6.26. The van der Waals surface area contributed by atoms with Crippen LogP contribution < -0.4 is 10.6 Å². The number of aryl methyl sites for hydroxylation is 1. The third-order valence-electron chi connectivity index (χ3n) is 4.39. The van der Waals surface area contributed by atoms with Gasteiger partial charge in [0.1, 0.15) is 0 Å². The van der Waals surface area contributed by atoms with Crippen LogP contribution in [-0.4, -0.2) is 48.4 Å². The van der Waals surface area contributed by atoms with Crippen molar-refractivity contribution in [1.29, 1.82) is 0 Å². The number of hydrogen-bond acceptors (Lipinski definition) is 6. The highest BCUT2D eigenvalue weighted by atomic mass is 32.1. The molecule has 0 radical (unpaired) electrons. The molecule has 0 aliphatic carbocycles. The molecule has 7 heteroatoms. The minimum absolute atomic E-state index is 0.110. The van der Waals surface area contributed by atoms with Gasteiger partial charge >= 0.3 is 0 Å². The van der Waals surface area contributed by atoms with Crippen molar-refractivity contribution < 1.29 is 14.6 Å². The van der Waals surface area contributed by atoms with E-state index in [1.807, 2.05) is 36.7 Å². The summed E-state index contributed by atoms with van der Waals surface area (Å²) in [5, 5.41) is 15.6. The minimum Gasteiger partial charge on any atom is -0.392 e. The van der Waals surface area contributed by atoms with Crippen LogP contribution >= 0.6 is 11.3 Å². The standard InChI is InChI=1S/C18H23N3O3S/c1-11-17(25-10-20-11)13-5-3-12(4-6-13)16(9-24-2)21-18(23)15-7-14(22)8-19-15/h3-6,10,14-16,19,22H,7-9H2,1-2H3,(H,21,23)/t14?,15?,16-/m0/s1. The van der Waals surface area contributed by atoms with E-state index in [-0.39, 0.29) is 18.0 Å². The van der Waals surface area contributed by atoms with E-state index >= 15 is 0 Å². The Kier molecular flexibility index (Phi) is 5.80. The monoisotopic (exact) mass is 361 g/mol. The topological polar surface area (TPSA) is 83.5 Å². The predicted molar refractivity (Wildman–Crippen MR) is 97.5 cm³/mol. The highest BCUT2D eigenvalue weighted by molar-refractivity contribution is 7.13. The van der Waals surface area contributed by atoms with Gasteiger partial charge in [0.15, 0.2) is 0 Å². The number of amides is 1. The number of methoxy groups -OCH3 is 1. The highest BCUT2D eigenvalue weighted by Gasteiger charge is 2.29. The number of rotatable bonds is 6. The fourth-order valence-electron chi connectivity index (χ4n) is 3.02. The molecule has 2 unspecified atom stereocenters.